The molecule has 0 spiro atoms. The van der Waals surface area contributed by atoms with Gasteiger partial charge in [0.25, 0.3) is 0 Å². The molecule has 4 amide bonds. The van der Waals surface area contributed by atoms with Gasteiger partial charge in [0, 0.05) is 36.9 Å². The highest BCUT2D eigenvalue weighted by molar-refractivity contribution is 6.31. The predicted molar refractivity (Wildman–Crippen MR) is 87.4 cm³/mol. The molecule has 0 aromatic heterocycles. The van der Waals surface area contributed by atoms with E-state index in [1.807, 2.05) is 6.92 Å². The fourth-order valence-electron chi connectivity index (χ4n) is 2.19. The number of aryl methyl sites for hydroxylation is 1. The zero-order valence-corrected chi connectivity index (χ0v) is 13.6. The largest absolute Gasteiger partial charge is 0.354 e. The van der Waals surface area contributed by atoms with Gasteiger partial charge >= 0.3 is 6.03 Å². The van der Waals surface area contributed by atoms with Crippen LogP contribution in [0.1, 0.15) is 12.0 Å². The number of urea groups is 1. The van der Waals surface area contributed by atoms with Crippen LogP contribution in [0.3, 0.4) is 0 Å². The Morgan fingerprint density at radius 1 is 1.35 bits per heavy atom. The molecule has 1 aliphatic heterocycles. The number of anilines is 1. The maximum atomic E-state index is 11.9. The molecular weight excluding hydrogens is 320 g/mol. The number of carbonyl (C=O) groups excluding carboxylic acids is 3. The minimum Gasteiger partial charge on any atom is -0.354 e. The highest BCUT2D eigenvalue weighted by Gasteiger charge is 2.19. The van der Waals surface area contributed by atoms with E-state index in [-0.39, 0.29) is 18.4 Å². The number of amides is 4. The van der Waals surface area contributed by atoms with E-state index in [0.29, 0.717) is 36.9 Å². The van der Waals surface area contributed by atoms with E-state index in [0.717, 1.165) is 5.56 Å². The molecule has 0 radical (unpaired) electrons. The third kappa shape index (κ3) is 5.14. The first-order valence-electron chi connectivity index (χ1n) is 7.31. The van der Waals surface area contributed by atoms with Gasteiger partial charge in [0.05, 0.1) is 0 Å². The van der Waals surface area contributed by atoms with Crippen LogP contribution in [-0.4, -0.2) is 48.9 Å². The lowest BCUT2D eigenvalue weighted by molar-refractivity contribution is -0.126. The minimum absolute atomic E-state index is 0.131. The van der Waals surface area contributed by atoms with Crippen LogP contribution in [0.25, 0.3) is 0 Å². The summed E-state index contributed by atoms with van der Waals surface area (Å²) in [5, 5.41) is 8.48. The molecule has 23 heavy (non-hydrogen) atoms. The highest BCUT2D eigenvalue weighted by Crippen LogP contribution is 2.20. The molecule has 0 saturated carbocycles. The quantitative estimate of drug-likeness (QED) is 0.679. The molecule has 1 aliphatic rings. The van der Waals surface area contributed by atoms with Crippen molar-refractivity contribution in [3.8, 4) is 0 Å². The molecule has 2 rings (SSSR count). The lowest BCUT2D eigenvalue weighted by atomic mass is 10.2. The van der Waals surface area contributed by atoms with Crippen LogP contribution in [0.15, 0.2) is 18.2 Å². The Bertz CT molecular complexity index is 621. The van der Waals surface area contributed by atoms with Gasteiger partial charge in [-0.3, -0.25) is 9.59 Å². The van der Waals surface area contributed by atoms with Gasteiger partial charge in [-0.1, -0.05) is 17.7 Å². The van der Waals surface area contributed by atoms with Crippen molar-refractivity contribution in [2.45, 2.75) is 13.3 Å². The third-order valence-corrected chi connectivity index (χ3v) is 3.68. The van der Waals surface area contributed by atoms with Gasteiger partial charge in [0.1, 0.15) is 6.42 Å². The summed E-state index contributed by atoms with van der Waals surface area (Å²) < 4.78 is 0. The molecule has 0 aliphatic carbocycles. The van der Waals surface area contributed by atoms with Gasteiger partial charge in [-0.2, -0.15) is 0 Å². The maximum absolute atomic E-state index is 11.9. The average Bonchev–Trinajstić information content (AvgIpc) is 2.88. The monoisotopic (exact) mass is 338 g/mol. The summed E-state index contributed by atoms with van der Waals surface area (Å²) in [5.74, 6) is -0.798. The number of halogens is 1. The van der Waals surface area contributed by atoms with Crippen molar-refractivity contribution >= 4 is 35.1 Å². The minimum atomic E-state index is -0.410. The SMILES string of the molecule is Cc1ccc(Cl)cc1NC(=O)CC(=O)NCCN1CCNC1=O. The van der Waals surface area contributed by atoms with Crippen LogP contribution in [0.4, 0.5) is 10.5 Å². The molecule has 1 aromatic rings. The summed E-state index contributed by atoms with van der Waals surface area (Å²) in [4.78, 5) is 36.5. The number of hydrogen-bond donors (Lipinski definition) is 3. The third-order valence-electron chi connectivity index (χ3n) is 3.44. The second-order valence-electron chi connectivity index (χ2n) is 5.25. The Balaban J connectivity index is 1.73. The zero-order chi connectivity index (χ0) is 16.8. The van der Waals surface area contributed by atoms with E-state index >= 15 is 0 Å². The number of rotatable bonds is 6. The van der Waals surface area contributed by atoms with Crippen molar-refractivity contribution in [3.05, 3.63) is 28.8 Å². The smallest absolute Gasteiger partial charge is 0.317 e. The average molecular weight is 339 g/mol. The molecular formula is C15H19ClN4O3. The van der Waals surface area contributed by atoms with Crippen molar-refractivity contribution in [1.29, 1.82) is 0 Å². The second kappa shape index (κ2) is 7.82. The van der Waals surface area contributed by atoms with Gasteiger partial charge in [-0.25, -0.2) is 4.79 Å². The molecule has 1 saturated heterocycles. The lowest BCUT2D eigenvalue weighted by Crippen LogP contribution is -2.37. The van der Waals surface area contributed by atoms with Crippen molar-refractivity contribution in [1.82, 2.24) is 15.5 Å². The van der Waals surface area contributed by atoms with Gasteiger partial charge in [-0.15, -0.1) is 0 Å². The molecule has 0 atom stereocenters. The first-order valence-corrected chi connectivity index (χ1v) is 7.69. The first kappa shape index (κ1) is 17.1. The van der Waals surface area contributed by atoms with Crippen molar-refractivity contribution in [2.24, 2.45) is 0 Å². The normalized spacial score (nSPS) is 13.7. The Labute approximate surface area is 139 Å². The summed E-state index contributed by atoms with van der Waals surface area (Å²) in [6, 6.07) is 5.03. The lowest BCUT2D eigenvalue weighted by Gasteiger charge is -2.14. The number of benzene rings is 1. The summed E-state index contributed by atoms with van der Waals surface area (Å²) >= 11 is 5.88. The fourth-order valence-corrected chi connectivity index (χ4v) is 2.36. The summed E-state index contributed by atoms with van der Waals surface area (Å²) in [6.07, 6.45) is -0.280. The Morgan fingerprint density at radius 2 is 2.13 bits per heavy atom. The fraction of sp³-hybridized carbons (Fsp3) is 0.400. The van der Waals surface area contributed by atoms with Crippen LogP contribution < -0.4 is 16.0 Å². The number of nitrogens with one attached hydrogen (secondary N) is 3. The molecule has 8 heteroatoms. The van der Waals surface area contributed by atoms with Crippen LogP contribution in [0.5, 0.6) is 0 Å². The Hall–Kier alpha value is -2.28. The molecule has 3 N–H and O–H groups in total. The maximum Gasteiger partial charge on any atom is 0.317 e. The summed E-state index contributed by atoms with van der Waals surface area (Å²) in [6.45, 7) is 3.83. The zero-order valence-electron chi connectivity index (χ0n) is 12.8. The number of hydrogen-bond acceptors (Lipinski definition) is 3. The Kier molecular flexibility index (Phi) is 5.81. The van der Waals surface area contributed by atoms with E-state index in [9.17, 15) is 14.4 Å². The van der Waals surface area contributed by atoms with Crippen LogP contribution in [0.2, 0.25) is 5.02 Å². The van der Waals surface area contributed by atoms with Crippen molar-refractivity contribution in [2.75, 3.05) is 31.5 Å². The van der Waals surface area contributed by atoms with Gasteiger partial charge < -0.3 is 20.9 Å². The molecule has 1 heterocycles. The second-order valence-corrected chi connectivity index (χ2v) is 5.69. The molecule has 124 valence electrons. The predicted octanol–water partition coefficient (Wildman–Crippen LogP) is 1.12. The molecule has 1 aromatic carbocycles. The van der Waals surface area contributed by atoms with E-state index < -0.39 is 5.91 Å². The molecule has 7 nitrogen and oxygen atoms in total. The van der Waals surface area contributed by atoms with E-state index in [2.05, 4.69) is 16.0 Å². The highest BCUT2D eigenvalue weighted by atomic mass is 35.5. The molecule has 1 fully saturated rings. The van der Waals surface area contributed by atoms with E-state index in [1.165, 1.54) is 0 Å². The topological polar surface area (TPSA) is 90.5 Å². The number of carbonyl (C=O) groups is 3. The summed E-state index contributed by atoms with van der Waals surface area (Å²) in [7, 11) is 0. The van der Waals surface area contributed by atoms with Crippen LogP contribution >= 0.6 is 11.6 Å². The van der Waals surface area contributed by atoms with Crippen molar-refractivity contribution < 1.29 is 14.4 Å². The van der Waals surface area contributed by atoms with Crippen molar-refractivity contribution in [3.63, 3.8) is 0 Å². The summed E-state index contributed by atoms with van der Waals surface area (Å²) in [5.41, 5.74) is 1.45. The molecule has 0 bridgehead atoms. The molecule has 0 unspecified atom stereocenters. The van der Waals surface area contributed by atoms with E-state index in [4.69, 9.17) is 11.6 Å². The van der Waals surface area contributed by atoms with Gasteiger partial charge in [0.2, 0.25) is 11.8 Å². The van der Waals surface area contributed by atoms with Gasteiger partial charge in [-0.05, 0) is 24.6 Å². The standard InChI is InChI=1S/C15H19ClN4O3/c1-10-2-3-11(16)8-12(10)19-14(22)9-13(21)17-4-6-20-7-5-18-15(20)23/h2-3,8H,4-7,9H2,1H3,(H,17,21)(H,18,23)(H,19,22). The van der Waals surface area contributed by atoms with Gasteiger partial charge in [0.15, 0.2) is 0 Å². The Morgan fingerprint density at radius 3 is 2.83 bits per heavy atom. The number of nitrogens with zero attached hydrogens (tertiary/aromatic N) is 1. The van der Waals surface area contributed by atoms with Crippen LogP contribution in [0, 0.1) is 6.92 Å². The first-order chi connectivity index (χ1) is 11.0. The van der Waals surface area contributed by atoms with E-state index in [1.54, 1.807) is 23.1 Å². The van der Waals surface area contributed by atoms with Crippen LogP contribution in [-0.2, 0) is 9.59 Å².